The Morgan fingerprint density at radius 1 is 1.47 bits per heavy atom. The quantitative estimate of drug-likeness (QED) is 0.878. The molecule has 0 heterocycles. The summed E-state index contributed by atoms with van der Waals surface area (Å²) >= 11 is 3.37. The fourth-order valence-corrected chi connectivity index (χ4v) is 2.17. The first-order valence-electron chi connectivity index (χ1n) is 5.69. The van der Waals surface area contributed by atoms with Crippen LogP contribution in [-0.4, -0.2) is 24.2 Å². The molecule has 0 saturated carbocycles. The molecule has 94 valence electrons. The van der Waals surface area contributed by atoms with Crippen molar-refractivity contribution in [3.05, 3.63) is 33.8 Å². The molecule has 1 rings (SSSR count). The lowest BCUT2D eigenvalue weighted by atomic mass is 10.1. The second kappa shape index (κ2) is 6.77. The summed E-state index contributed by atoms with van der Waals surface area (Å²) in [6.45, 7) is 4.70. The minimum Gasteiger partial charge on any atom is -0.396 e. The first-order chi connectivity index (χ1) is 8.02. The van der Waals surface area contributed by atoms with Gasteiger partial charge in [0.1, 0.15) is 0 Å². The van der Waals surface area contributed by atoms with Crippen LogP contribution < -0.4 is 5.32 Å². The number of aliphatic hydroxyl groups excluding tert-OH is 1. The van der Waals surface area contributed by atoms with E-state index in [9.17, 15) is 4.79 Å². The third-order valence-electron chi connectivity index (χ3n) is 2.54. The van der Waals surface area contributed by atoms with E-state index in [1.54, 1.807) is 6.07 Å². The summed E-state index contributed by atoms with van der Waals surface area (Å²) in [5, 5.41) is 11.6. The Morgan fingerprint density at radius 2 is 2.18 bits per heavy atom. The van der Waals surface area contributed by atoms with Crippen molar-refractivity contribution in [3.8, 4) is 0 Å². The molecule has 0 saturated heterocycles. The van der Waals surface area contributed by atoms with Gasteiger partial charge in [0, 0.05) is 23.2 Å². The third kappa shape index (κ3) is 4.88. The Morgan fingerprint density at radius 3 is 2.76 bits per heavy atom. The van der Waals surface area contributed by atoms with Crippen LogP contribution in [0.4, 0.5) is 0 Å². The summed E-state index contributed by atoms with van der Waals surface area (Å²) in [5.74, 6) is 0.219. The van der Waals surface area contributed by atoms with Crippen molar-refractivity contribution < 1.29 is 9.90 Å². The minimum absolute atomic E-state index is 0.0702. The zero-order chi connectivity index (χ0) is 12.8. The monoisotopic (exact) mass is 299 g/mol. The number of amides is 1. The van der Waals surface area contributed by atoms with Gasteiger partial charge >= 0.3 is 0 Å². The highest BCUT2D eigenvalue weighted by molar-refractivity contribution is 9.10. The zero-order valence-corrected chi connectivity index (χ0v) is 11.8. The molecule has 1 aromatic rings. The molecule has 0 spiro atoms. The molecule has 1 atom stereocenters. The Balaban J connectivity index is 2.58. The molecule has 0 unspecified atom stereocenters. The maximum Gasteiger partial charge on any atom is 0.251 e. The maximum absolute atomic E-state index is 11.9. The van der Waals surface area contributed by atoms with Gasteiger partial charge in [-0.25, -0.2) is 0 Å². The minimum atomic E-state index is -0.0702. The van der Waals surface area contributed by atoms with Gasteiger partial charge < -0.3 is 10.4 Å². The first kappa shape index (κ1) is 14.2. The lowest BCUT2D eigenvalue weighted by molar-refractivity contribution is 0.0945. The van der Waals surface area contributed by atoms with E-state index in [1.807, 2.05) is 26.0 Å². The summed E-state index contributed by atoms with van der Waals surface area (Å²) in [4.78, 5) is 11.9. The van der Waals surface area contributed by atoms with Crippen LogP contribution in [-0.2, 0) is 0 Å². The number of carbonyl (C=O) groups is 1. The first-order valence-corrected chi connectivity index (χ1v) is 6.48. The molecule has 3 nitrogen and oxygen atoms in total. The molecule has 1 amide bonds. The molecule has 0 aliphatic heterocycles. The van der Waals surface area contributed by atoms with Gasteiger partial charge in [-0.05, 0) is 43.0 Å². The van der Waals surface area contributed by atoms with Crippen molar-refractivity contribution >= 4 is 21.8 Å². The van der Waals surface area contributed by atoms with Gasteiger partial charge in [0.15, 0.2) is 0 Å². The maximum atomic E-state index is 11.9. The van der Waals surface area contributed by atoms with Crippen LogP contribution in [0.5, 0.6) is 0 Å². The molecule has 0 fully saturated rings. The van der Waals surface area contributed by atoms with E-state index in [-0.39, 0.29) is 18.4 Å². The Hall–Kier alpha value is -0.870. The van der Waals surface area contributed by atoms with Crippen LogP contribution >= 0.6 is 15.9 Å². The SMILES string of the molecule is Cc1cc(Br)cc(C(=O)NC[C@H](C)CCO)c1. The molecule has 0 aliphatic rings. The van der Waals surface area contributed by atoms with Crippen molar-refractivity contribution in [1.29, 1.82) is 0 Å². The molecule has 2 N–H and O–H groups in total. The van der Waals surface area contributed by atoms with Gasteiger partial charge in [-0.15, -0.1) is 0 Å². The number of hydrogen-bond acceptors (Lipinski definition) is 2. The topological polar surface area (TPSA) is 49.3 Å². The molecule has 4 heteroatoms. The van der Waals surface area contributed by atoms with Gasteiger partial charge in [0.2, 0.25) is 0 Å². The molecule has 0 aliphatic carbocycles. The van der Waals surface area contributed by atoms with Crippen LogP contribution in [0.3, 0.4) is 0 Å². The number of rotatable bonds is 5. The molecule has 17 heavy (non-hydrogen) atoms. The summed E-state index contributed by atoms with van der Waals surface area (Å²) in [7, 11) is 0. The second-order valence-electron chi connectivity index (χ2n) is 4.34. The summed E-state index contributed by atoms with van der Waals surface area (Å²) in [5.41, 5.74) is 1.71. The molecular formula is C13H18BrNO2. The molecule has 0 radical (unpaired) electrons. The highest BCUT2D eigenvalue weighted by Crippen LogP contribution is 2.15. The fraction of sp³-hybridized carbons (Fsp3) is 0.462. The third-order valence-corrected chi connectivity index (χ3v) is 3.00. The van der Waals surface area contributed by atoms with E-state index in [0.29, 0.717) is 18.5 Å². The van der Waals surface area contributed by atoms with Crippen molar-refractivity contribution in [2.24, 2.45) is 5.92 Å². The average Bonchev–Trinajstić information content (AvgIpc) is 2.25. The molecule has 0 bridgehead atoms. The predicted octanol–water partition coefficient (Wildman–Crippen LogP) is 2.51. The smallest absolute Gasteiger partial charge is 0.251 e. The molecule has 1 aromatic carbocycles. The highest BCUT2D eigenvalue weighted by atomic mass is 79.9. The van der Waals surface area contributed by atoms with Crippen molar-refractivity contribution in [2.75, 3.05) is 13.2 Å². The molecular weight excluding hydrogens is 282 g/mol. The van der Waals surface area contributed by atoms with Crippen LogP contribution in [0.2, 0.25) is 0 Å². The highest BCUT2D eigenvalue weighted by Gasteiger charge is 2.08. The number of benzene rings is 1. The van der Waals surface area contributed by atoms with E-state index in [0.717, 1.165) is 10.0 Å². The van der Waals surface area contributed by atoms with Crippen LogP contribution in [0.15, 0.2) is 22.7 Å². The van der Waals surface area contributed by atoms with Gasteiger partial charge in [0.25, 0.3) is 5.91 Å². The van der Waals surface area contributed by atoms with E-state index in [2.05, 4.69) is 21.2 Å². The number of carbonyl (C=O) groups excluding carboxylic acids is 1. The lowest BCUT2D eigenvalue weighted by Crippen LogP contribution is -2.28. The van der Waals surface area contributed by atoms with Crippen LogP contribution in [0.25, 0.3) is 0 Å². The van der Waals surface area contributed by atoms with Crippen molar-refractivity contribution in [2.45, 2.75) is 20.3 Å². The van der Waals surface area contributed by atoms with E-state index in [1.165, 1.54) is 0 Å². The van der Waals surface area contributed by atoms with Crippen molar-refractivity contribution in [1.82, 2.24) is 5.32 Å². The lowest BCUT2D eigenvalue weighted by Gasteiger charge is -2.11. The fourth-order valence-electron chi connectivity index (χ4n) is 1.56. The second-order valence-corrected chi connectivity index (χ2v) is 5.26. The number of aliphatic hydroxyl groups is 1. The van der Waals surface area contributed by atoms with E-state index in [4.69, 9.17) is 5.11 Å². The number of hydrogen-bond donors (Lipinski definition) is 2. The molecule has 0 aromatic heterocycles. The average molecular weight is 300 g/mol. The van der Waals surface area contributed by atoms with Gasteiger partial charge in [-0.2, -0.15) is 0 Å². The van der Waals surface area contributed by atoms with Crippen molar-refractivity contribution in [3.63, 3.8) is 0 Å². The summed E-state index contributed by atoms with van der Waals surface area (Å²) in [6, 6.07) is 5.63. The zero-order valence-electron chi connectivity index (χ0n) is 10.2. The van der Waals surface area contributed by atoms with Crippen LogP contribution in [0.1, 0.15) is 29.3 Å². The largest absolute Gasteiger partial charge is 0.396 e. The van der Waals surface area contributed by atoms with E-state index < -0.39 is 0 Å². The normalized spacial score (nSPS) is 12.2. The Bertz CT molecular complexity index is 373. The predicted molar refractivity (Wildman–Crippen MR) is 72.1 cm³/mol. The van der Waals surface area contributed by atoms with E-state index >= 15 is 0 Å². The van der Waals surface area contributed by atoms with Gasteiger partial charge in [0.05, 0.1) is 0 Å². The van der Waals surface area contributed by atoms with Gasteiger partial charge in [-0.1, -0.05) is 22.9 Å². The van der Waals surface area contributed by atoms with Crippen LogP contribution in [0, 0.1) is 12.8 Å². The summed E-state index contributed by atoms with van der Waals surface area (Å²) in [6.07, 6.45) is 0.706. The summed E-state index contributed by atoms with van der Waals surface area (Å²) < 4.78 is 0.908. The standard InChI is InChI=1S/C13H18BrNO2/c1-9(3-4-16)8-15-13(17)11-5-10(2)6-12(14)7-11/h5-7,9,16H,3-4,8H2,1-2H3,(H,15,17)/t9-/m1/s1. The Labute approximate surface area is 110 Å². The number of halogens is 1. The number of nitrogens with one attached hydrogen (secondary N) is 1. The van der Waals surface area contributed by atoms with Gasteiger partial charge in [-0.3, -0.25) is 4.79 Å². The Kier molecular flexibility index (Phi) is 5.65. The number of aryl methyl sites for hydroxylation is 1.